The van der Waals surface area contributed by atoms with E-state index >= 15 is 0 Å². The minimum Gasteiger partial charge on any atom is -0.382 e. The van der Waals surface area contributed by atoms with Gasteiger partial charge in [0.1, 0.15) is 6.54 Å². The van der Waals surface area contributed by atoms with E-state index in [-0.39, 0.29) is 12.1 Å². The Bertz CT molecular complexity index is 1080. The van der Waals surface area contributed by atoms with Crippen molar-refractivity contribution >= 4 is 16.6 Å². The van der Waals surface area contributed by atoms with Crippen LogP contribution in [-0.4, -0.2) is 81.3 Å². The van der Waals surface area contributed by atoms with Gasteiger partial charge >= 0.3 is 6.18 Å². The van der Waals surface area contributed by atoms with Crippen molar-refractivity contribution in [3.63, 3.8) is 0 Å². The lowest BCUT2D eigenvalue weighted by Crippen LogP contribution is -2.47. The number of fused-ring (bicyclic) bond motifs is 1. The lowest BCUT2D eigenvalue weighted by Gasteiger charge is -2.31. The van der Waals surface area contributed by atoms with Crippen LogP contribution in [0.2, 0.25) is 0 Å². The summed E-state index contributed by atoms with van der Waals surface area (Å²) in [4.78, 5) is 2.24. The second-order valence-corrected chi connectivity index (χ2v) is 10.5. The van der Waals surface area contributed by atoms with Crippen molar-refractivity contribution in [3.05, 3.63) is 30.0 Å². The van der Waals surface area contributed by atoms with Gasteiger partial charge in [-0.3, -0.25) is 0 Å². The first-order valence-corrected chi connectivity index (χ1v) is 13.2. The lowest BCUT2D eigenvalue weighted by molar-refractivity contribution is -0.140. The van der Waals surface area contributed by atoms with Crippen LogP contribution in [0, 0.1) is 17.8 Å². The number of anilines is 1. The summed E-state index contributed by atoms with van der Waals surface area (Å²) >= 11 is 0. The number of benzene rings is 1. The molecule has 4 rings (SSSR count). The fourth-order valence-electron chi connectivity index (χ4n) is 5.58. The van der Waals surface area contributed by atoms with Gasteiger partial charge in [0.15, 0.2) is 0 Å². The Labute approximate surface area is 217 Å². The monoisotopic (exact) mass is 520 g/mol. The molecule has 9 heteroatoms. The molecular formula is C28H39F3N4O2. The maximum Gasteiger partial charge on any atom is 0.406 e. The molecule has 2 heterocycles. The topological polar surface area (TPSA) is 50.7 Å². The molecular weight excluding hydrogens is 481 g/mol. The fraction of sp³-hybridized carbons (Fsp3) is 0.643. The summed E-state index contributed by atoms with van der Waals surface area (Å²) in [6, 6.07) is 7.75. The van der Waals surface area contributed by atoms with Crippen LogP contribution in [0.15, 0.2) is 24.3 Å². The van der Waals surface area contributed by atoms with E-state index in [1.165, 1.54) is 4.57 Å². The molecule has 2 atom stereocenters. The van der Waals surface area contributed by atoms with Gasteiger partial charge in [0.2, 0.25) is 0 Å². The molecule has 2 fully saturated rings. The van der Waals surface area contributed by atoms with Crippen molar-refractivity contribution in [2.24, 2.45) is 5.92 Å². The van der Waals surface area contributed by atoms with Crippen LogP contribution in [0.3, 0.4) is 0 Å². The van der Waals surface area contributed by atoms with Crippen molar-refractivity contribution in [3.8, 4) is 11.8 Å². The highest BCUT2D eigenvalue weighted by atomic mass is 19.4. The van der Waals surface area contributed by atoms with Crippen LogP contribution in [0.4, 0.5) is 18.9 Å². The molecule has 37 heavy (non-hydrogen) atoms. The molecule has 0 radical (unpaired) electrons. The predicted octanol–water partition coefficient (Wildman–Crippen LogP) is 4.48. The van der Waals surface area contributed by atoms with E-state index in [4.69, 9.17) is 9.47 Å². The van der Waals surface area contributed by atoms with Crippen molar-refractivity contribution < 1.29 is 22.6 Å². The van der Waals surface area contributed by atoms with Crippen LogP contribution < -0.4 is 10.6 Å². The molecule has 6 nitrogen and oxygen atoms in total. The second kappa shape index (κ2) is 12.5. The minimum atomic E-state index is -4.34. The smallest absolute Gasteiger partial charge is 0.382 e. The molecule has 0 spiro atoms. The van der Waals surface area contributed by atoms with Gasteiger partial charge in [0.05, 0.1) is 30.5 Å². The first-order valence-electron chi connectivity index (χ1n) is 13.2. The van der Waals surface area contributed by atoms with Gasteiger partial charge in [-0.05, 0) is 76.2 Å². The van der Waals surface area contributed by atoms with Crippen molar-refractivity contribution in [1.29, 1.82) is 0 Å². The number of aromatic nitrogens is 1. The molecule has 2 aliphatic rings. The third-order valence-electron chi connectivity index (χ3n) is 7.39. The van der Waals surface area contributed by atoms with Gasteiger partial charge < -0.3 is 29.6 Å². The molecule has 204 valence electrons. The van der Waals surface area contributed by atoms with Gasteiger partial charge in [-0.15, -0.1) is 0 Å². The molecule has 1 aliphatic heterocycles. The zero-order chi connectivity index (χ0) is 26.4. The highest BCUT2D eigenvalue weighted by Crippen LogP contribution is 2.33. The Balaban J connectivity index is 1.50. The van der Waals surface area contributed by atoms with Crippen molar-refractivity contribution in [2.75, 3.05) is 52.8 Å². The van der Waals surface area contributed by atoms with E-state index in [0.29, 0.717) is 42.9 Å². The maximum absolute atomic E-state index is 13.5. The Morgan fingerprint density at radius 1 is 1.16 bits per heavy atom. The third-order valence-corrected chi connectivity index (χ3v) is 7.39. The summed E-state index contributed by atoms with van der Waals surface area (Å²) in [5.74, 6) is 6.73. The maximum atomic E-state index is 13.5. The summed E-state index contributed by atoms with van der Waals surface area (Å²) in [5, 5.41) is 7.76. The zero-order valence-corrected chi connectivity index (χ0v) is 22.0. The van der Waals surface area contributed by atoms with E-state index in [1.54, 1.807) is 19.2 Å². The molecule has 2 N–H and O–H groups in total. The van der Waals surface area contributed by atoms with Crippen LogP contribution in [-0.2, 0) is 16.0 Å². The fourth-order valence-corrected chi connectivity index (χ4v) is 5.58. The number of rotatable bonds is 8. The number of methoxy groups -OCH3 is 1. The van der Waals surface area contributed by atoms with Crippen LogP contribution in [0.25, 0.3) is 10.9 Å². The summed E-state index contributed by atoms with van der Waals surface area (Å²) in [6.07, 6.45) is 0.835. The molecule has 1 aliphatic carbocycles. The Kier molecular flexibility index (Phi) is 9.41. The van der Waals surface area contributed by atoms with Gasteiger partial charge in [-0.1, -0.05) is 12.0 Å². The molecule has 0 unspecified atom stereocenters. The number of hydrogen-bond acceptors (Lipinski definition) is 5. The van der Waals surface area contributed by atoms with Crippen LogP contribution in [0.5, 0.6) is 0 Å². The first kappa shape index (κ1) is 27.8. The summed E-state index contributed by atoms with van der Waals surface area (Å²) in [6.45, 7) is 1.56. The van der Waals surface area contributed by atoms with Gasteiger partial charge in [-0.2, -0.15) is 13.2 Å². The highest BCUT2D eigenvalue weighted by molar-refractivity contribution is 5.94. The molecule has 1 aromatic carbocycles. The largest absolute Gasteiger partial charge is 0.406 e. The molecule has 1 aromatic heterocycles. The van der Waals surface area contributed by atoms with Gasteiger partial charge in [0.25, 0.3) is 0 Å². The van der Waals surface area contributed by atoms with Crippen molar-refractivity contribution in [2.45, 2.75) is 63.0 Å². The quantitative estimate of drug-likeness (QED) is 0.503. The average Bonchev–Trinajstić information content (AvgIpc) is 3.19. The molecule has 0 bridgehead atoms. The Morgan fingerprint density at radius 3 is 2.65 bits per heavy atom. The average molecular weight is 521 g/mol. The normalized spacial score (nSPS) is 24.7. The molecule has 1 saturated heterocycles. The number of ether oxygens (including phenoxy) is 2. The number of alkyl halides is 3. The molecule has 0 amide bonds. The first-order chi connectivity index (χ1) is 17.7. The molecule has 1 saturated carbocycles. The van der Waals surface area contributed by atoms with Crippen LogP contribution >= 0.6 is 0 Å². The number of nitrogens with zero attached hydrogens (tertiary/aromatic N) is 2. The predicted molar refractivity (Wildman–Crippen MR) is 141 cm³/mol. The van der Waals surface area contributed by atoms with Crippen molar-refractivity contribution in [1.82, 2.24) is 14.8 Å². The highest BCUT2D eigenvalue weighted by Gasteiger charge is 2.30. The molecule has 2 aromatic rings. The minimum absolute atomic E-state index is 0.0567. The Hall–Kier alpha value is -2.25. The lowest BCUT2D eigenvalue weighted by atomic mass is 9.85. The number of hydrogen-bond donors (Lipinski definition) is 2. The van der Waals surface area contributed by atoms with E-state index < -0.39 is 12.7 Å². The number of nitrogens with one attached hydrogen (secondary N) is 2. The Morgan fingerprint density at radius 2 is 1.95 bits per heavy atom. The number of halogens is 3. The van der Waals surface area contributed by atoms with E-state index in [1.807, 2.05) is 12.1 Å². The second-order valence-electron chi connectivity index (χ2n) is 10.5. The summed E-state index contributed by atoms with van der Waals surface area (Å²) < 4.78 is 52.7. The van der Waals surface area contributed by atoms with Crippen LogP contribution in [0.1, 0.15) is 37.8 Å². The zero-order valence-electron chi connectivity index (χ0n) is 22.0. The van der Waals surface area contributed by atoms with E-state index in [0.717, 1.165) is 49.7 Å². The van der Waals surface area contributed by atoms with E-state index in [9.17, 15) is 13.2 Å². The third kappa shape index (κ3) is 7.64. The SMILES string of the molecule is CO[C@@H]1COCC[C@H]1NCC#Cc1cc2c(N[C@H]3CC[C@@H](CN(C)C)CC3)cccc2n1CC(F)(F)F. The van der Waals surface area contributed by atoms with Gasteiger partial charge in [-0.25, -0.2) is 0 Å². The summed E-state index contributed by atoms with van der Waals surface area (Å²) in [5.41, 5.74) is 1.79. The van der Waals surface area contributed by atoms with Gasteiger partial charge in [0, 0.05) is 43.4 Å². The summed E-state index contributed by atoms with van der Waals surface area (Å²) in [7, 11) is 5.86. The standard InChI is InChI=1S/C28H39F3N4O2/c1-34(2)17-20-9-11-21(12-10-20)33-24-7-4-8-26-23(24)16-22(35(26)19-28(29,30)31)6-5-14-32-25-13-15-37-18-27(25)36-3/h4,7-8,16,20-21,25,27,32-33H,9-15,17-19H2,1-3H3/t20-,21+,25-,27-/m1/s1. The van der Waals surface area contributed by atoms with E-state index in [2.05, 4.69) is 41.5 Å².